The predicted octanol–water partition coefficient (Wildman–Crippen LogP) is 4.01. The van der Waals surface area contributed by atoms with Gasteiger partial charge < -0.3 is 14.8 Å². The third kappa shape index (κ3) is 5.07. The summed E-state index contributed by atoms with van der Waals surface area (Å²) in [5, 5.41) is 7.37. The van der Waals surface area contributed by atoms with Crippen molar-refractivity contribution < 1.29 is 22.6 Å². The minimum Gasteiger partial charge on any atom is -0.454 e. The molecule has 0 saturated heterocycles. The summed E-state index contributed by atoms with van der Waals surface area (Å²) in [7, 11) is 0. The molecule has 0 aliphatic heterocycles. The van der Waals surface area contributed by atoms with E-state index in [0.717, 1.165) is 48.4 Å². The first-order valence-electron chi connectivity index (χ1n) is 11.5. The van der Waals surface area contributed by atoms with Gasteiger partial charge in [-0.3, -0.25) is 0 Å². The molecule has 1 N–H and O–H groups in total. The van der Waals surface area contributed by atoms with Crippen LogP contribution in [-0.4, -0.2) is 56.3 Å². The Bertz CT molecular complexity index is 973. The monoisotopic (exact) mass is 466 g/mol. The van der Waals surface area contributed by atoms with Gasteiger partial charge >= 0.3 is 12.2 Å². The molecular weight excluding hydrogens is 437 g/mol. The molecule has 4 saturated carbocycles. The largest absolute Gasteiger partial charge is 0.454 e. The standard InChI is InChI=1S/C22H29F3N6O2/c1-13-5-14(2)31(30-13)19-27-18(28-20(29-19)32-12-22(23,24)25)26-3-4-33-21-9-15-6-16(10-21)8-17(7-15)11-21/h5,15-17H,3-4,6-12H2,1-2H3,(H,26,27,28,29). The summed E-state index contributed by atoms with van der Waals surface area (Å²) in [6, 6.07) is 1.42. The van der Waals surface area contributed by atoms with Gasteiger partial charge in [0.25, 0.3) is 5.95 Å². The van der Waals surface area contributed by atoms with Crippen molar-refractivity contribution in [1.82, 2.24) is 24.7 Å². The van der Waals surface area contributed by atoms with Crippen LogP contribution in [0.2, 0.25) is 0 Å². The van der Waals surface area contributed by atoms with Crippen LogP contribution < -0.4 is 10.1 Å². The molecule has 0 atom stereocenters. The van der Waals surface area contributed by atoms with Gasteiger partial charge in [0, 0.05) is 12.2 Å². The lowest BCUT2D eigenvalue weighted by Gasteiger charge is -2.56. The Labute approximate surface area is 190 Å². The van der Waals surface area contributed by atoms with E-state index in [-0.39, 0.29) is 17.5 Å². The van der Waals surface area contributed by atoms with Gasteiger partial charge in [0.1, 0.15) is 0 Å². The number of alkyl halides is 3. The van der Waals surface area contributed by atoms with Crippen LogP contribution in [0.5, 0.6) is 6.01 Å². The summed E-state index contributed by atoms with van der Waals surface area (Å²) in [6.45, 7) is 3.05. The minimum atomic E-state index is -4.50. The summed E-state index contributed by atoms with van der Waals surface area (Å²) < 4.78 is 50.6. The lowest BCUT2D eigenvalue weighted by molar-refractivity contribution is -0.159. The summed E-state index contributed by atoms with van der Waals surface area (Å²) >= 11 is 0. The first kappa shape index (κ1) is 22.4. The van der Waals surface area contributed by atoms with Gasteiger partial charge in [0.15, 0.2) is 6.61 Å². The number of halogens is 3. The highest BCUT2D eigenvalue weighted by Gasteiger charge is 2.51. The Morgan fingerprint density at radius 1 is 1.06 bits per heavy atom. The quantitative estimate of drug-likeness (QED) is 0.588. The van der Waals surface area contributed by atoms with E-state index in [1.807, 2.05) is 19.9 Å². The second-order valence-electron chi connectivity index (χ2n) is 9.86. The van der Waals surface area contributed by atoms with E-state index < -0.39 is 18.8 Å². The van der Waals surface area contributed by atoms with E-state index in [4.69, 9.17) is 9.47 Å². The molecule has 4 bridgehead atoms. The van der Waals surface area contributed by atoms with Crippen molar-refractivity contribution in [3.63, 3.8) is 0 Å². The van der Waals surface area contributed by atoms with Crippen LogP contribution >= 0.6 is 0 Å². The summed E-state index contributed by atoms with van der Waals surface area (Å²) in [6.07, 6.45) is 2.97. The molecule has 0 radical (unpaired) electrons. The maximum absolute atomic E-state index is 12.6. The van der Waals surface area contributed by atoms with Crippen LogP contribution in [0.4, 0.5) is 19.1 Å². The highest BCUT2D eigenvalue weighted by atomic mass is 19.4. The van der Waals surface area contributed by atoms with Crippen LogP contribution in [0.3, 0.4) is 0 Å². The zero-order chi connectivity index (χ0) is 23.2. The molecule has 6 rings (SSSR count). The maximum atomic E-state index is 12.6. The Kier molecular flexibility index (Phi) is 5.70. The average molecular weight is 467 g/mol. The second-order valence-corrected chi connectivity index (χ2v) is 9.86. The van der Waals surface area contributed by atoms with Crippen molar-refractivity contribution >= 4 is 5.95 Å². The maximum Gasteiger partial charge on any atom is 0.422 e. The number of anilines is 1. The Balaban J connectivity index is 1.26. The van der Waals surface area contributed by atoms with E-state index in [1.165, 1.54) is 23.9 Å². The lowest BCUT2D eigenvalue weighted by atomic mass is 9.54. The van der Waals surface area contributed by atoms with Crippen LogP contribution in [-0.2, 0) is 4.74 Å². The van der Waals surface area contributed by atoms with E-state index in [1.54, 1.807) is 0 Å². The molecule has 0 spiro atoms. The molecule has 8 nitrogen and oxygen atoms in total. The second kappa shape index (κ2) is 8.41. The summed E-state index contributed by atoms with van der Waals surface area (Å²) in [4.78, 5) is 12.4. The predicted molar refractivity (Wildman–Crippen MR) is 113 cm³/mol. The molecular formula is C22H29F3N6O2. The van der Waals surface area contributed by atoms with Crippen LogP contribution in [0, 0.1) is 31.6 Å². The van der Waals surface area contributed by atoms with Crippen LogP contribution in [0.1, 0.15) is 49.9 Å². The Hall–Kier alpha value is -2.43. The van der Waals surface area contributed by atoms with Gasteiger partial charge in [-0.1, -0.05) is 0 Å². The number of hydrogen-bond donors (Lipinski definition) is 1. The van der Waals surface area contributed by atoms with Gasteiger partial charge in [0.05, 0.1) is 17.9 Å². The molecule has 2 aromatic heterocycles. The highest BCUT2D eigenvalue weighted by molar-refractivity contribution is 5.31. The van der Waals surface area contributed by atoms with Crippen LogP contribution in [0.25, 0.3) is 5.95 Å². The third-order valence-electron chi connectivity index (χ3n) is 6.94. The number of hydrogen-bond acceptors (Lipinski definition) is 7. The van der Waals surface area contributed by atoms with Crippen molar-refractivity contribution in [3.05, 3.63) is 17.5 Å². The van der Waals surface area contributed by atoms with Crippen molar-refractivity contribution in [1.29, 1.82) is 0 Å². The Morgan fingerprint density at radius 3 is 2.30 bits per heavy atom. The third-order valence-corrected chi connectivity index (χ3v) is 6.94. The van der Waals surface area contributed by atoms with Gasteiger partial charge in [-0.2, -0.15) is 33.2 Å². The fraction of sp³-hybridized carbons (Fsp3) is 0.727. The van der Waals surface area contributed by atoms with Gasteiger partial charge in [-0.05, 0) is 76.2 Å². The molecule has 180 valence electrons. The van der Waals surface area contributed by atoms with Crippen molar-refractivity contribution in [2.75, 3.05) is 25.1 Å². The first-order chi connectivity index (χ1) is 15.7. The minimum absolute atomic E-state index is 0.00856. The van der Waals surface area contributed by atoms with Crippen molar-refractivity contribution in [2.24, 2.45) is 17.8 Å². The molecule has 2 heterocycles. The first-order valence-corrected chi connectivity index (χ1v) is 11.5. The van der Waals surface area contributed by atoms with Gasteiger partial charge in [-0.15, -0.1) is 0 Å². The number of ether oxygens (including phenoxy) is 2. The Morgan fingerprint density at radius 2 is 1.73 bits per heavy atom. The van der Waals surface area contributed by atoms with Crippen LogP contribution in [0.15, 0.2) is 6.07 Å². The highest BCUT2D eigenvalue weighted by Crippen LogP contribution is 2.57. The lowest BCUT2D eigenvalue weighted by Crippen LogP contribution is -2.52. The van der Waals surface area contributed by atoms with E-state index in [2.05, 4.69) is 25.4 Å². The number of aromatic nitrogens is 5. The van der Waals surface area contributed by atoms with Gasteiger partial charge in [0.2, 0.25) is 5.95 Å². The topological polar surface area (TPSA) is 87.0 Å². The molecule has 11 heteroatoms. The molecule has 4 aliphatic carbocycles. The molecule has 0 unspecified atom stereocenters. The number of nitrogens with zero attached hydrogens (tertiary/aromatic N) is 5. The fourth-order valence-corrected chi connectivity index (χ4v) is 6.20. The number of aryl methyl sites for hydroxylation is 2. The molecule has 4 aliphatic rings. The van der Waals surface area contributed by atoms with Gasteiger partial charge in [-0.25, -0.2) is 4.68 Å². The van der Waals surface area contributed by atoms with E-state index >= 15 is 0 Å². The normalized spacial score (nSPS) is 28.3. The molecule has 0 aromatic carbocycles. The average Bonchev–Trinajstić information content (AvgIpc) is 3.06. The van der Waals surface area contributed by atoms with Crippen molar-refractivity contribution in [2.45, 2.75) is 64.1 Å². The molecule has 2 aromatic rings. The zero-order valence-electron chi connectivity index (χ0n) is 18.9. The summed E-state index contributed by atoms with van der Waals surface area (Å²) in [5.74, 6) is 2.61. The number of rotatable bonds is 8. The van der Waals surface area contributed by atoms with E-state index in [0.29, 0.717) is 13.2 Å². The zero-order valence-corrected chi connectivity index (χ0v) is 18.9. The van der Waals surface area contributed by atoms with E-state index in [9.17, 15) is 13.2 Å². The molecule has 33 heavy (non-hydrogen) atoms. The molecule has 0 amide bonds. The number of nitrogens with one attached hydrogen (secondary N) is 1. The fourth-order valence-electron chi connectivity index (χ4n) is 6.20. The summed E-state index contributed by atoms with van der Waals surface area (Å²) in [5.41, 5.74) is 1.48. The molecule has 4 fully saturated rings. The SMILES string of the molecule is Cc1cc(C)n(-c2nc(NCCOC34CC5CC(CC(C5)C3)C4)nc(OCC(F)(F)F)n2)n1. The van der Waals surface area contributed by atoms with Crippen molar-refractivity contribution in [3.8, 4) is 12.0 Å². The smallest absolute Gasteiger partial charge is 0.422 e.